The first kappa shape index (κ1) is 12.8. The molecule has 0 fully saturated rings. The fourth-order valence-corrected chi connectivity index (χ4v) is 1.65. The molecular formula is C13H14ClNO3. The van der Waals surface area contributed by atoms with E-state index in [-0.39, 0.29) is 17.0 Å². The van der Waals surface area contributed by atoms with Gasteiger partial charge in [0.05, 0.1) is 11.6 Å². The molecule has 0 aliphatic heterocycles. The molecule has 1 unspecified atom stereocenters. The first-order valence-corrected chi connectivity index (χ1v) is 6.15. The summed E-state index contributed by atoms with van der Waals surface area (Å²) in [5.74, 6) is 1.46. The van der Waals surface area contributed by atoms with Gasteiger partial charge in [0.15, 0.2) is 5.76 Å². The van der Waals surface area contributed by atoms with Crippen molar-refractivity contribution in [2.45, 2.75) is 18.7 Å². The number of hydrogen-bond acceptors (Lipinski definition) is 3. The molecule has 0 saturated carbocycles. The molecule has 2 aromatic heterocycles. The van der Waals surface area contributed by atoms with Gasteiger partial charge in [0.1, 0.15) is 11.5 Å². The summed E-state index contributed by atoms with van der Waals surface area (Å²) in [5.41, 5.74) is 0. The summed E-state index contributed by atoms with van der Waals surface area (Å²) in [4.78, 5) is 11.7. The summed E-state index contributed by atoms with van der Waals surface area (Å²) < 4.78 is 10.5. The lowest BCUT2D eigenvalue weighted by molar-refractivity contribution is 0.0924. The van der Waals surface area contributed by atoms with Gasteiger partial charge in [0.25, 0.3) is 5.91 Å². The number of alkyl halides is 1. The van der Waals surface area contributed by atoms with Gasteiger partial charge in [0.2, 0.25) is 0 Å². The van der Waals surface area contributed by atoms with Crippen LogP contribution < -0.4 is 5.32 Å². The summed E-state index contributed by atoms with van der Waals surface area (Å²) >= 11 is 5.86. The van der Waals surface area contributed by atoms with Crippen LogP contribution in [0, 0.1) is 0 Å². The Morgan fingerprint density at radius 1 is 1.44 bits per heavy atom. The van der Waals surface area contributed by atoms with Gasteiger partial charge < -0.3 is 14.2 Å². The van der Waals surface area contributed by atoms with Crippen molar-refractivity contribution in [1.82, 2.24) is 5.32 Å². The van der Waals surface area contributed by atoms with E-state index < -0.39 is 0 Å². The number of rotatable bonds is 5. The highest BCUT2D eigenvalue weighted by Gasteiger charge is 2.13. The summed E-state index contributed by atoms with van der Waals surface area (Å²) in [7, 11) is 0. The lowest BCUT2D eigenvalue weighted by Gasteiger charge is -2.01. The minimum absolute atomic E-state index is 0.241. The van der Waals surface area contributed by atoms with E-state index in [1.807, 2.05) is 12.1 Å². The number of carbonyl (C=O) groups is 1. The summed E-state index contributed by atoms with van der Waals surface area (Å²) in [6.45, 7) is 2.29. The Balaban J connectivity index is 1.83. The molecule has 96 valence electrons. The van der Waals surface area contributed by atoms with Crippen LogP contribution in [-0.4, -0.2) is 12.5 Å². The minimum atomic E-state index is -0.245. The van der Waals surface area contributed by atoms with Gasteiger partial charge in [-0.25, -0.2) is 0 Å². The number of nitrogens with one attached hydrogen (secondary N) is 1. The van der Waals surface area contributed by atoms with Gasteiger partial charge in [-0.3, -0.25) is 4.79 Å². The van der Waals surface area contributed by atoms with Gasteiger partial charge >= 0.3 is 0 Å². The number of carbonyl (C=O) groups excluding carboxylic acids is 1. The lowest BCUT2D eigenvalue weighted by Crippen LogP contribution is -2.25. The second-order valence-electron chi connectivity index (χ2n) is 3.90. The lowest BCUT2D eigenvalue weighted by atomic mass is 10.3. The van der Waals surface area contributed by atoms with E-state index >= 15 is 0 Å². The van der Waals surface area contributed by atoms with Crippen molar-refractivity contribution in [2.75, 3.05) is 6.54 Å². The molecular weight excluding hydrogens is 254 g/mol. The molecule has 1 N–H and O–H groups in total. The van der Waals surface area contributed by atoms with Crippen LogP contribution in [0.2, 0.25) is 0 Å². The topological polar surface area (TPSA) is 55.4 Å². The third-order valence-corrected chi connectivity index (χ3v) is 2.69. The van der Waals surface area contributed by atoms with Crippen LogP contribution in [0.25, 0.3) is 0 Å². The highest BCUT2D eigenvalue weighted by atomic mass is 35.5. The Hall–Kier alpha value is -1.68. The average molecular weight is 268 g/mol. The second kappa shape index (κ2) is 5.78. The SMILES string of the molecule is CC(Cl)c1ccc(C(=O)NCCc2ccco2)o1. The maximum absolute atomic E-state index is 11.7. The smallest absolute Gasteiger partial charge is 0.287 e. The normalized spacial score (nSPS) is 12.3. The number of halogens is 1. The Morgan fingerprint density at radius 2 is 2.28 bits per heavy atom. The van der Waals surface area contributed by atoms with E-state index in [4.69, 9.17) is 20.4 Å². The van der Waals surface area contributed by atoms with Crippen molar-refractivity contribution in [3.63, 3.8) is 0 Å². The molecule has 0 bridgehead atoms. The molecule has 2 rings (SSSR count). The molecule has 18 heavy (non-hydrogen) atoms. The van der Waals surface area contributed by atoms with E-state index in [2.05, 4.69) is 5.32 Å². The predicted octanol–water partition coefficient (Wildman–Crippen LogP) is 3.14. The summed E-state index contributed by atoms with van der Waals surface area (Å²) in [6.07, 6.45) is 2.26. The number of amides is 1. The second-order valence-corrected chi connectivity index (χ2v) is 4.56. The monoisotopic (exact) mass is 267 g/mol. The molecule has 0 aliphatic carbocycles. The Bertz CT molecular complexity index is 502. The Kier molecular flexibility index (Phi) is 4.10. The van der Waals surface area contributed by atoms with Crippen LogP contribution in [0.5, 0.6) is 0 Å². The molecule has 5 heteroatoms. The molecule has 1 amide bonds. The zero-order chi connectivity index (χ0) is 13.0. The zero-order valence-electron chi connectivity index (χ0n) is 9.98. The predicted molar refractivity (Wildman–Crippen MR) is 67.7 cm³/mol. The highest BCUT2D eigenvalue weighted by Crippen LogP contribution is 2.21. The van der Waals surface area contributed by atoms with Crippen molar-refractivity contribution in [3.8, 4) is 0 Å². The molecule has 0 spiro atoms. The minimum Gasteiger partial charge on any atom is -0.469 e. The third kappa shape index (κ3) is 3.17. The molecule has 0 aromatic carbocycles. The van der Waals surface area contributed by atoms with E-state index in [9.17, 15) is 4.79 Å². The molecule has 0 saturated heterocycles. The van der Waals surface area contributed by atoms with E-state index in [1.165, 1.54) is 0 Å². The Morgan fingerprint density at radius 3 is 2.89 bits per heavy atom. The zero-order valence-corrected chi connectivity index (χ0v) is 10.7. The molecule has 1 atom stereocenters. The standard InChI is InChI=1S/C13H14ClNO3/c1-9(14)11-4-5-12(18-11)13(16)15-7-6-10-3-2-8-17-10/h2-5,8-9H,6-7H2,1H3,(H,15,16). The maximum atomic E-state index is 11.7. The maximum Gasteiger partial charge on any atom is 0.287 e. The van der Waals surface area contributed by atoms with Crippen molar-refractivity contribution >= 4 is 17.5 Å². The first-order valence-electron chi connectivity index (χ1n) is 5.71. The van der Waals surface area contributed by atoms with Crippen LogP contribution in [0.4, 0.5) is 0 Å². The number of hydrogen-bond donors (Lipinski definition) is 1. The summed E-state index contributed by atoms with van der Waals surface area (Å²) in [5, 5.41) is 2.51. The van der Waals surface area contributed by atoms with Crippen LogP contribution in [-0.2, 0) is 6.42 Å². The molecule has 2 heterocycles. The van der Waals surface area contributed by atoms with Gasteiger partial charge in [0, 0.05) is 13.0 Å². The van der Waals surface area contributed by atoms with Crippen LogP contribution >= 0.6 is 11.6 Å². The largest absolute Gasteiger partial charge is 0.469 e. The molecule has 2 aromatic rings. The van der Waals surface area contributed by atoms with Gasteiger partial charge in [-0.1, -0.05) is 0 Å². The van der Waals surface area contributed by atoms with Crippen molar-refractivity contribution in [2.24, 2.45) is 0 Å². The highest BCUT2D eigenvalue weighted by molar-refractivity contribution is 6.20. The third-order valence-electron chi connectivity index (χ3n) is 2.48. The Labute approximate surface area is 110 Å². The van der Waals surface area contributed by atoms with E-state index in [0.29, 0.717) is 18.7 Å². The molecule has 0 radical (unpaired) electrons. The summed E-state index contributed by atoms with van der Waals surface area (Å²) in [6, 6.07) is 7.01. The first-order chi connectivity index (χ1) is 8.66. The fraction of sp³-hybridized carbons (Fsp3) is 0.308. The van der Waals surface area contributed by atoms with Crippen molar-refractivity contribution in [3.05, 3.63) is 47.8 Å². The quantitative estimate of drug-likeness (QED) is 0.847. The van der Waals surface area contributed by atoms with E-state index in [1.54, 1.807) is 25.3 Å². The van der Waals surface area contributed by atoms with Crippen molar-refractivity contribution < 1.29 is 13.6 Å². The van der Waals surface area contributed by atoms with Crippen LogP contribution in [0.15, 0.2) is 39.4 Å². The van der Waals surface area contributed by atoms with Gasteiger partial charge in [-0.15, -0.1) is 11.6 Å². The van der Waals surface area contributed by atoms with E-state index in [0.717, 1.165) is 5.76 Å². The van der Waals surface area contributed by atoms with Crippen LogP contribution in [0.3, 0.4) is 0 Å². The number of furan rings is 2. The molecule has 4 nitrogen and oxygen atoms in total. The average Bonchev–Trinajstić information content (AvgIpc) is 2.99. The van der Waals surface area contributed by atoms with Gasteiger partial charge in [-0.05, 0) is 31.2 Å². The fourth-order valence-electron chi connectivity index (χ4n) is 1.53. The molecule has 0 aliphatic rings. The van der Waals surface area contributed by atoms with Gasteiger partial charge in [-0.2, -0.15) is 0 Å². The van der Waals surface area contributed by atoms with Crippen LogP contribution in [0.1, 0.15) is 34.4 Å². The van der Waals surface area contributed by atoms with Crippen molar-refractivity contribution in [1.29, 1.82) is 0 Å².